The molecule has 6 nitrogen and oxygen atoms in total. The molecule has 0 spiro atoms. The van der Waals surface area contributed by atoms with E-state index in [4.69, 9.17) is 5.73 Å². The number of hydrogen-bond acceptors (Lipinski definition) is 4. The van der Waals surface area contributed by atoms with Gasteiger partial charge in [0.2, 0.25) is 0 Å². The average Bonchev–Trinajstić information content (AvgIpc) is 2.29. The molecule has 2 aromatic heterocycles. The van der Waals surface area contributed by atoms with E-state index in [2.05, 4.69) is 15.2 Å². The standard InChI is InChI=1S/C11H10N4O2/c1-6-2-7(5-13-4-6)9-3-8(10(12)16)11(17)15-14-9/h2-5H,1H3,(H2,12,16)(H,15,17). The van der Waals surface area contributed by atoms with Crippen molar-refractivity contribution in [1.82, 2.24) is 15.2 Å². The largest absolute Gasteiger partial charge is 0.365 e. The summed E-state index contributed by atoms with van der Waals surface area (Å²) in [6.07, 6.45) is 3.29. The number of amides is 1. The first-order valence-corrected chi connectivity index (χ1v) is 4.89. The van der Waals surface area contributed by atoms with Crippen molar-refractivity contribution in [2.75, 3.05) is 0 Å². The Morgan fingerprint density at radius 1 is 1.35 bits per heavy atom. The molecule has 86 valence electrons. The molecule has 0 aliphatic rings. The first-order valence-electron chi connectivity index (χ1n) is 4.89. The fourth-order valence-electron chi connectivity index (χ4n) is 1.43. The highest BCUT2D eigenvalue weighted by atomic mass is 16.2. The second kappa shape index (κ2) is 4.17. The van der Waals surface area contributed by atoms with E-state index in [0.29, 0.717) is 11.3 Å². The number of nitrogens with one attached hydrogen (secondary N) is 1. The summed E-state index contributed by atoms with van der Waals surface area (Å²) in [6, 6.07) is 3.20. The van der Waals surface area contributed by atoms with Crippen LogP contribution in [0, 0.1) is 6.92 Å². The minimum Gasteiger partial charge on any atom is -0.365 e. The van der Waals surface area contributed by atoms with Crippen LogP contribution >= 0.6 is 0 Å². The number of primary amides is 1. The third-order valence-corrected chi connectivity index (χ3v) is 2.24. The molecule has 0 atom stereocenters. The molecule has 6 heteroatoms. The normalized spacial score (nSPS) is 10.2. The lowest BCUT2D eigenvalue weighted by atomic mass is 10.1. The molecule has 0 aliphatic heterocycles. The number of hydrogen-bond donors (Lipinski definition) is 2. The fourth-order valence-corrected chi connectivity index (χ4v) is 1.43. The zero-order chi connectivity index (χ0) is 12.4. The SMILES string of the molecule is Cc1cncc(-c2cc(C(N)=O)c(=O)[nH]n2)c1. The summed E-state index contributed by atoms with van der Waals surface area (Å²) in [7, 11) is 0. The van der Waals surface area contributed by atoms with Gasteiger partial charge in [-0.25, -0.2) is 5.10 Å². The zero-order valence-corrected chi connectivity index (χ0v) is 9.10. The lowest BCUT2D eigenvalue weighted by Crippen LogP contribution is -2.24. The van der Waals surface area contributed by atoms with Crippen LogP contribution in [0.2, 0.25) is 0 Å². The Balaban J connectivity index is 2.58. The number of pyridine rings is 1. The molecule has 2 aromatic rings. The summed E-state index contributed by atoms with van der Waals surface area (Å²) in [4.78, 5) is 26.3. The Morgan fingerprint density at radius 3 is 2.76 bits per heavy atom. The van der Waals surface area contributed by atoms with Crippen LogP contribution in [0.5, 0.6) is 0 Å². The van der Waals surface area contributed by atoms with Crippen molar-refractivity contribution in [2.24, 2.45) is 5.73 Å². The lowest BCUT2D eigenvalue weighted by molar-refractivity contribution is 0.0998. The minimum absolute atomic E-state index is 0.114. The zero-order valence-electron chi connectivity index (χ0n) is 9.10. The lowest BCUT2D eigenvalue weighted by Gasteiger charge is -2.02. The Morgan fingerprint density at radius 2 is 2.12 bits per heavy atom. The molecule has 2 heterocycles. The first kappa shape index (κ1) is 11.0. The Hall–Kier alpha value is -2.50. The predicted molar refractivity (Wildman–Crippen MR) is 61.3 cm³/mol. The van der Waals surface area contributed by atoms with Crippen molar-refractivity contribution < 1.29 is 4.79 Å². The van der Waals surface area contributed by atoms with E-state index >= 15 is 0 Å². The monoisotopic (exact) mass is 230 g/mol. The van der Waals surface area contributed by atoms with Crippen molar-refractivity contribution in [1.29, 1.82) is 0 Å². The Bertz CT molecular complexity index is 633. The highest BCUT2D eigenvalue weighted by molar-refractivity contribution is 5.93. The van der Waals surface area contributed by atoms with E-state index in [-0.39, 0.29) is 5.56 Å². The molecule has 0 unspecified atom stereocenters. The highest BCUT2D eigenvalue weighted by Gasteiger charge is 2.09. The van der Waals surface area contributed by atoms with E-state index in [1.165, 1.54) is 6.07 Å². The van der Waals surface area contributed by atoms with Gasteiger partial charge >= 0.3 is 0 Å². The van der Waals surface area contributed by atoms with E-state index in [1.54, 1.807) is 12.4 Å². The summed E-state index contributed by atoms with van der Waals surface area (Å²) >= 11 is 0. The van der Waals surface area contributed by atoms with Gasteiger partial charge in [-0.1, -0.05) is 0 Å². The number of nitrogens with zero attached hydrogens (tertiary/aromatic N) is 2. The maximum absolute atomic E-state index is 11.3. The van der Waals surface area contributed by atoms with Crippen molar-refractivity contribution in [3.05, 3.63) is 46.0 Å². The first-order chi connectivity index (χ1) is 8.08. The summed E-state index contributed by atoms with van der Waals surface area (Å²) in [6.45, 7) is 1.89. The topological polar surface area (TPSA) is 102 Å². The number of carbonyl (C=O) groups excluding carboxylic acids is 1. The van der Waals surface area contributed by atoms with Crippen LogP contribution in [-0.2, 0) is 0 Å². The number of nitrogens with two attached hydrogens (primary N) is 1. The quantitative estimate of drug-likeness (QED) is 0.771. The predicted octanol–water partition coefficient (Wildman–Crippen LogP) is 0.239. The molecule has 0 fully saturated rings. The molecule has 17 heavy (non-hydrogen) atoms. The maximum Gasteiger partial charge on any atom is 0.277 e. The third kappa shape index (κ3) is 2.20. The number of carbonyl (C=O) groups is 1. The van der Waals surface area contributed by atoms with Gasteiger partial charge in [0, 0.05) is 18.0 Å². The summed E-state index contributed by atoms with van der Waals surface area (Å²) < 4.78 is 0. The molecule has 0 saturated heterocycles. The molecular weight excluding hydrogens is 220 g/mol. The number of H-pyrrole nitrogens is 1. The van der Waals surface area contributed by atoms with Crippen molar-refractivity contribution in [3.63, 3.8) is 0 Å². The number of aromatic amines is 1. The van der Waals surface area contributed by atoms with Gasteiger partial charge in [-0.05, 0) is 24.6 Å². The number of aryl methyl sites for hydroxylation is 1. The van der Waals surface area contributed by atoms with Gasteiger partial charge in [0.05, 0.1) is 5.69 Å². The highest BCUT2D eigenvalue weighted by Crippen LogP contribution is 2.15. The van der Waals surface area contributed by atoms with Gasteiger partial charge in [-0.3, -0.25) is 14.6 Å². The van der Waals surface area contributed by atoms with E-state index < -0.39 is 11.5 Å². The van der Waals surface area contributed by atoms with Gasteiger partial charge in [-0.2, -0.15) is 5.10 Å². The van der Waals surface area contributed by atoms with Crippen LogP contribution < -0.4 is 11.3 Å². The third-order valence-electron chi connectivity index (χ3n) is 2.24. The van der Waals surface area contributed by atoms with Gasteiger partial charge in [0.1, 0.15) is 5.56 Å². The second-order valence-electron chi connectivity index (χ2n) is 3.61. The van der Waals surface area contributed by atoms with Crippen LogP contribution in [0.15, 0.2) is 29.3 Å². The second-order valence-corrected chi connectivity index (χ2v) is 3.61. The Labute approximate surface area is 96.5 Å². The molecule has 2 rings (SSSR count). The number of rotatable bonds is 2. The van der Waals surface area contributed by atoms with Gasteiger partial charge < -0.3 is 5.73 Å². The van der Waals surface area contributed by atoms with Crippen LogP contribution in [0.1, 0.15) is 15.9 Å². The fraction of sp³-hybridized carbons (Fsp3) is 0.0909. The van der Waals surface area contributed by atoms with Crippen LogP contribution in [0.3, 0.4) is 0 Å². The molecule has 0 bridgehead atoms. The van der Waals surface area contributed by atoms with E-state index in [0.717, 1.165) is 5.56 Å². The van der Waals surface area contributed by atoms with Gasteiger partial charge in [0.25, 0.3) is 11.5 Å². The molecule has 1 amide bonds. The molecule has 3 N–H and O–H groups in total. The van der Waals surface area contributed by atoms with Crippen molar-refractivity contribution in [3.8, 4) is 11.3 Å². The van der Waals surface area contributed by atoms with Crippen LogP contribution in [-0.4, -0.2) is 21.1 Å². The Kier molecular flexibility index (Phi) is 2.70. The minimum atomic E-state index is -0.782. The smallest absolute Gasteiger partial charge is 0.277 e. The average molecular weight is 230 g/mol. The van der Waals surface area contributed by atoms with Crippen molar-refractivity contribution >= 4 is 5.91 Å². The van der Waals surface area contributed by atoms with Gasteiger partial charge in [0.15, 0.2) is 0 Å². The number of aromatic nitrogens is 3. The van der Waals surface area contributed by atoms with E-state index in [9.17, 15) is 9.59 Å². The van der Waals surface area contributed by atoms with E-state index in [1.807, 2.05) is 13.0 Å². The van der Waals surface area contributed by atoms with Gasteiger partial charge in [-0.15, -0.1) is 0 Å². The van der Waals surface area contributed by atoms with Crippen LogP contribution in [0.25, 0.3) is 11.3 Å². The van der Waals surface area contributed by atoms with Crippen LogP contribution in [0.4, 0.5) is 0 Å². The maximum atomic E-state index is 11.3. The summed E-state index contributed by atoms with van der Waals surface area (Å²) in [5.41, 5.74) is 6.50. The molecule has 0 aliphatic carbocycles. The molecule has 0 radical (unpaired) electrons. The van der Waals surface area contributed by atoms with Crippen molar-refractivity contribution in [2.45, 2.75) is 6.92 Å². The molecule has 0 aromatic carbocycles. The summed E-state index contributed by atoms with van der Waals surface area (Å²) in [5.74, 6) is -0.782. The molecular formula is C11H10N4O2. The summed E-state index contributed by atoms with van der Waals surface area (Å²) in [5, 5.41) is 6.08. The molecule has 0 saturated carbocycles.